The molecule has 0 saturated carbocycles. The summed E-state index contributed by atoms with van der Waals surface area (Å²) in [6, 6.07) is 8.80. The average molecular weight is 245 g/mol. The van der Waals surface area contributed by atoms with Crippen LogP contribution in [-0.4, -0.2) is 29.3 Å². The number of aromatic carboxylic acids is 1. The minimum Gasteiger partial charge on any atom is -0.486 e. The van der Waals surface area contributed by atoms with Crippen LogP contribution in [0.1, 0.15) is 10.5 Å². The Hall–Kier alpha value is -2.43. The summed E-state index contributed by atoms with van der Waals surface area (Å²) in [4.78, 5) is 13.6. The zero-order chi connectivity index (χ0) is 12.5. The number of rotatable bonds is 2. The van der Waals surface area contributed by atoms with Crippen LogP contribution in [-0.2, 0) is 0 Å². The minimum absolute atomic E-state index is 0.167. The molecule has 0 aliphatic carbocycles. The number of aromatic amines is 1. The van der Waals surface area contributed by atoms with Crippen LogP contribution in [0.2, 0.25) is 0 Å². The summed E-state index contributed by atoms with van der Waals surface area (Å²) in [6.45, 7) is 1.08. The van der Waals surface area contributed by atoms with Gasteiger partial charge in [0.2, 0.25) is 0 Å². The number of carboxylic acids is 1. The first kappa shape index (κ1) is 10.7. The van der Waals surface area contributed by atoms with E-state index in [1.807, 2.05) is 18.2 Å². The van der Waals surface area contributed by atoms with Gasteiger partial charge in [0.15, 0.2) is 11.5 Å². The fraction of sp³-hybridized carbons (Fsp3) is 0.154. The smallest absolute Gasteiger partial charge is 0.352 e. The molecule has 0 unspecified atom stereocenters. The molecule has 18 heavy (non-hydrogen) atoms. The normalized spacial score (nSPS) is 13.3. The molecular formula is C13H11NO4. The fourth-order valence-electron chi connectivity index (χ4n) is 1.90. The SMILES string of the molecule is O=C(O)c1ccc(-c2ccc3c(c2)OCCO3)[nH]1. The maximum Gasteiger partial charge on any atom is 0.352 e. The third kappa shape index (κ3) is 1.79. The van der Waals surface area contributed by atoms with Gasteiger partial charge >= 0.3 is 5.97 Å². The molecule has 1 aromatic heterocycles. The molecule has 0 atom stereocenters. The molecule has 2 aromatic rings. The van der Waals surface area contributed by atoms with Gasteiger partial charge in [-0.2, -0.15) is 0 Å². The van der Waals surface area contributed by atoms with E-state index in [0.717, 1.165) is 17.0 Å². The highest BCUT2D eigenvalue weighted by atomic mass is 16.6. The van der Waals surface area contributed by atoms with E-state index >= 15 is 0 Å². The summed E-state index contributed by atoms with van der Waals surface area (Å²) >= 11 is 0. The summed E-state index contributed by atoms with van der Waals surface area (Å²) in [5.74, 6) is 0.430. The van der Waals surface area contributed by atoms with Gasteiger partial charge in [-0.3, -0.25) is 0 Å². The Kier molecular flexibility index (Phi) is 2.44. The monoisotopic (exact) mass is 245 g/mol. The number of nitrogens with one attached hydrogen (secondary N) is 1. The highest BCUT2D eigenvalue weighted by molar-refractivity contribution is 5.87. The van der Waals surface area contributed by atoms with Crippen LogP contribution in [0.5, 0.6) is 11.5 Å². The molecule has 3 rings (SSSR count). The van der Waals surface area contributed by atoms with Gasteiger partial charge in [0.1, 0.15) is 18.9 Å². The summed E-state index contributed by atoms with van der Waals surface area (Å²) < 4.78 is 10.9. The standard InChI is InChI=1S/C13H11NO4/c15-13(16)10-3-2-9(14-10)8-1-4-11-12(7-8)18-6-5-17-11/h1-4,7,14H,5-6H2,(H,15,16). The van der Waals surface area contributed by atoms with Gasteiger partial charge in [-0.1, -0.05) is 0 Å². The van der Waals surface area contributed by atoms with E-state index in [4.69, 9.17) is 14.6 Å². The summed E-state index contributed by atoms with van der Waals surface area (Å²) in [6.07, 6.45) is 0. The molecule has 0 saturated heterocycles. The van der Waals surface area contributed by atoms with E-state index in [-0.39, 0.29) is 5.69 Å². The van der Waals surface area contributed by atoms with Crippen LogP contribution in [0.4, 0.5) is 0 Å². The van der Waals surface area contributed by atoms with Crippen LogP contribution < -0.4 is 9.47 Å². The van der Waals surface area contributed by atoms with Crippen LogP contribution >= 0.6 is 0 Å². The first-order chi connectivity index (χ1) is 8.74. The molecule has 0 fully saturated rings. The highest BCUT2D eigenvalue weighted by Crippen LogP contribution is 2.34. The number of carboxylic acid groups (broad SMARTS) is 1. The lowest BCUT2D eigenvalue weighted by atomic mass is 10.1. The molecule has 1 aliphatic rings. The predicted octanol–water partition coefficient (Wildman–Crippen LogP) is 2.15. The van der Waals surface area contributed by atoms with Crippen LogP contribution in [0.15, 0.2) is 30.3 Å². The number of carbonyl (C=O) groups is 1. The minimum atomic E-state index is -0.973. The second-order valence-electron chi connectivity index (χ2n) is 3.95. The summed E-state index contributed by atoms with van der Waals surface area (Å²) in [5, 5.41) is 8.86. The van der Waals surface area contributed by atoms with E-state index < -0.39 is 5.97 Å². The zero-order valence-electron chi connectivity index (χ0n) is 9.47. The Morgan fingerprint density at radius 1 is 1.11 bits per heavy atom. The summed E-state index contributed by atoms with van der Waals surface area (Å²) in [7, 11) is 0. The Labute approximate surface area is 103 Å². The Morgan fingerprint density at radius 3 is 2.61 bits per heavy atom. The number of aromatic nitrogens is 1. The van der Waals surface area contributed by atoms with E-state index in [1.165, 1.54) is 6.07 Å². The number of hydrogen-bond acceptors (Lipinski definition) is 3. The van der Waals surface area contributed by atoms with Gasteiger partial charge in [0.05, 0.1) is 0 Å². The molecule has 0 bridgehead atoms. The maximum absolute atomic E-state index is 10.8. The van der Waals surface area contributed by atoms with Crippen molar-refractivity contribution in [3.8, 4) is 22.8 Å². The molecule has 0 spiro atoms. The molecule has 1 aromatic carbocycles. The average Bonchev–Trinajstić information content (AvgIpc) is 2.88. The van der Waals surface area contributed by atoms with Crippen molar-refractivity contribution >= 4 is 5.97 Å². The molecule has 0 amide bonds. The van der Waals surface area contributed by atoms with Crippen molar-refractivity contribution in [1.29, 1.82) is 0 Å². The molecule has 2 heterocycles. The molecule has 2 N–H and O–H groups in total. The van der Waals surface area contributed by atoms with Crippen LogP contribution in [0.25, 0.3) is 11.3 Å². The topological polar surface area (TPSA) is 71.6 Å². The van der Waals surface area contributed by atoms with Gasteiger partial charge in [-0.15, -0.1) is 0 Å². The Bertz CT molecular complexity index is 603. The van der Waals surface area contributed by atoms with Crippen LogP contribution in [0.3, 0.4) is 0 Å². The largest absolute Gasteiger partial charge is 0.486 e. The second kappa shape index (κ2) is 4.10. The quantitative estimate of drug-likeness (QED) is 0.850. The molecule has 0 radical (unpaired) electrons. The van der Waals surface area contributed by atoms with Crippen molar-refractivity contribution in [2.24, 2.45) is 0 Å². The van der Waals surface area contributed by atoms with E-state index in [1.54, 1.807) is 6.07 Å². The van der Waals surface area contributed by atoms with Crippen LogP contribution in [0, 0.1) is 0 Å². The number of benzene rings is 1. The Balaban J connectivity index is 1.98. The van der Waals surface area contributed by atoms with E-state index in [9.17, 15) is 4.79 Å². The molecular weight excluding hydrogens is 234 g/mol. The van der Waals surface area contributed by atoms with Gasteiger partial charge in [0, 0.05) is 11.3 Å². The maximum atomic E-state index is 10.8. The molecule has 5 nitrogen and oxygen atoms in total. The van der Waals surface area contributed by atoms with Crippen molar-refractivity contribution < 1.29 is 19.4 Å². The molecule has 5 heteroatoms. The van der Waals surface area contributed by atoms with Crippen molar-refractivity contribution in [2.45, 2.75) is 0 Å². The van der Waals surface area contributed by atoms with Crippen molar-refractivity contribution in [3.63, 3.8) is 0 Å². The number of H-pyrrole nitrogens is 1. The molecule has 92 valence electrons. The van der Waals surface area contributed by atoms with Gasteiger partial charge < -0.3 is 19.6 Å². The lowest BCUT2D eigenvalue weighted by Crippen LogP contribution is -2.15. The van der Waals surface area contributed by atoms with Crippen molar-refractivity contribution in [1.82, 2.24) is 4.98 Å². The third-order valence-corrected chi connectivity index (χ3v) is 2.77. The second-order valence-corrected chi connectivity index (χ2v) is 3.95. The van der Waals surface area contributed by atoms with Crippen molar-refractivity contribution in [2.75, 3.05) is 13.2 Å². The van der Waals surface area contributed by atoms with Crippen molar-refractivity contribution in [3.05, 3.63) is 36.0 Å². The summed E-state index contributed by atoms with van der Waals surface area (Å²) in [5.41, 5.74) is 1.77. The fourth-order valence-corrected chi connectivity index (χ4v) is 1.90. The highest BCUT2D eigenvalue weighted by Gasteiger charge is 2.13. The number of ether oxygens (including phenoxy) is 2. The van der Waals surface area contributed by atoms with E-state index in [2.05, 4.69) is 4.98 Å². The van der Waals surface area contributed by atoms with E-state index in [0.29, 0.717) is 19.0 Å². The predicted molar refractivity (Wildman–Crippen MR) is 64.2 cm³/mol. The first-order valence-corrected chi connectivity index (χ1v) is 5.56. The van der Waals surface area contributed by atoms with Gasteiger partial charge in [-0.05, 0) is 30.3 Å². The number of hydrogen-bond donors (Lipinski definition) is 2. The number of fused-ring (bicyclic) bond motifs is 1. The zero-order valence-corrected chi connectivity index (χ0v) is 9.47. The molecule has 1 aliphatic heterocycles. The third-order valence-electron chi connectivity index (χ3n) is 2.77. The lowest BCUT2D eigenvalue weighted by Gasteiger charge is -2.18. The first-order valence-electron chi connectivity index (χ1n) is 5.56. The van der Waals surface area contributed by atoms with Gasteiger partial charge in [0.25, 0.3) is 0 Å². The van der Waals surface area contributed by atoms with Gasteiger partial charge in [-0.25, -0.2) is 4.79 Å². The Morgan fingerprint density at radius 2 is 1.89 bits per heavy atom. The lowest BCUT2D eigenvalue weighted by molar-refractivity contribution is 0.0691.